The van der Waals surface area contributed by atoms with Crippen LogP contribution >= 0.6 is 34.7 Å². The summed E-state index contributed by atoms with van der Waals surface area (Å²) in [6, 6.07) is 11.1. The van der Waals surface area contributed by atoms with Gasteiger partial charge in [-0.1, -0.05) is 42.3 Å². The van der Waals surface area contributed by atoms with Crippen LogP contribution < -0.4 is 26.0 Å². The lowest BCUT2D eigenvalue weighted by molar-refractivity contribution is -0.143. The third kappa shape index (κ3) is 12.1. The Morgan fingerprint density at radius 3 is 2.47 bits per heavy atom. The molecule has 4 amide bonds. The van der Waals surface area contributed by atoms with Gasteiger partial charge < -0.3 is 40.9 Å². The Morgan fingerprint density at radius 1 is 1.04 bits per heavy atom. The molecule has 70 heavy (non-hydrogen) atoms. The maximum Gasteiger partial charge on any atom is 0.258 e. The summed E-state index contributed by atoms with van der Waals surface area (Å²) in [6.45, 7) is 9.58. The largest absolute Gasteiger partial charge is 0.495 e. The quantitative estimate of drug-likeness (QED) is 0.0708. The normalized spacial score (nSPS) is 21.7. The fourth-order valence-electron chi connectivity index (χ4n) is 9.73. The van der Waals surface area contributed by atoms with E-state index in [0.29, 0.717) is 58.7 Å². The van der Waals surface area contributed by atoms with Crippen LogP contribution in [0.2, 0.25) is 5.02 Å². The lowest BCUT2D eigenvalue weighted by Crippen LogP contribution is -2.61. The number of halogens is 2. The highest BCUT2D eigenvalue weighted by molar-refractivity contribution is 8.00. The number of carbonyl (C=O) groups excluding carboxylic acids is 4. The first-order chi connectivity index (χ1) is 33.5. The van der Waals surface area contributed by atoms with E-state index in [2.05, 4.69) is 41.1 Å². The molecule has 5 N–H and O–H groups in total. The molecule has 2 aliphatic carbocycles. The van der Waals surface area contributed by atoms with Crippen LogP contribution in [-0.2, 0) is 20.9 Å². The molecule has 0 bridgehead atoms. The van der Waals surface area contributed by atoms with Crippen LogP contribution in [0.25, 0.3) is 10.4 Å². The number of amides is 4. The lowest BCUT2D eigenvalue weighted by Gasteiger charge is -2.40. The number of nitrogens with one attached hydrogen (secondary N) is 4. The molecule has 0 radical (unpaired) electrons. The third-order valence-corrected chi connectivity index (χ3v) is 16.9. The molecule has 8 rings (SSSR count). The Morgan fingerprint density at radius 2 is 1.79 bits per heavy atom. The van der Waals surface area contributed by atoms with Crippen LogP contribution in [0, 0.1) is 18.8 Å². The van der Waals surface area contributed by atoms with E-state index in [4.69, 9.17) is 16.3 Å². The van der Waals surface area contributed by atoms with Crippen molar-refractivity contribution in [1.82, 2.24) is 40.3 Å². The molecule has 4 heterocycles. The number of thiazole rings is 1. The number of rotatable bonds is 18. The van der Waals surface area contributed by atoms with Crippen LogP contribution in [0.3, 0.4) is 0 Å². The SMILES string of the molecule is CNc1nc(Nc2ccc(C(=O)N3CCN(C[C@@H]4CCC[C@H](CSC(C)(C)[C@H](NC(=O)C5(F)CC5)C(=O)N5C[C@H](O)C[C@H]5C(=O)NCc5ccc(-c6scnc6C)cc5)C4)CC3)cc2OC)ncc1Cl. The molecule has 0 spiro atoms. The van der Waals surface area contributed by atoms with Crippen molar-refractivity contribution in [1.29, 1.82) is 0 Å². The molecule has 2 saturated carbocycles. The first-order valence-corrected chi connectivity index (χ1v) is 26.3. The average Bonchev–Trinajstić information content (AvgIpc) is 3.77. The van der Waals surface area contributed by atoms with Gasteiger partial charge in [-0.05, 0) is 99.8 Å². The average molecular weight is 1020 g/mol. The number of nitrogens with zero attached hydrogens (tertiary/aromatic N) is 6. The Bertz CT molecular complexity index is 2520. The van der Waals surface area contributed by atoms with Gasteiger partial charge in [-0.25, -0.2) is 14.4 Å². The summed E-state index contributed by atoms with van der Waals surface area (Å²) < 4.78 is 20.0. The van der Waals surface area contributed by atoms with Gasteiger partial charge >= 0.3 is 0 Å². The summed E-state index contributed by atoms with van der Waals surface area (Å²) in [6.07, 6.45) is 5.05. The number of anilines is 3. The molecule has 16 nitrogen and oxygen atoms in total. The molecule has 2 aromatic heterocycles. The summed E-state index contributed by atoms with van der Waals surface area (Å²) >= 11 is 9.30. The van der Waals surface area contributed by atoms with Gasteiger partial charge in [0.1, 0.15) is 28.7 Å². The number of alkyl halides is 1. The van der Waals surface area contributed by atoms with Gasteiger partial charge in [0.05, 0.1) is 41.2 Å². The van der Waals surface area contributed by atoms with Crippen molar-refractivity contribution < 1.29 is 33.4 Å². The second-order valence-corrected chi connectivity index (χ2v) is 22.5. The minimum Gasteiger partial charge on any atom is -0.495 e. The van der Waals surface area contributed by atoms with Crippen molar-refractivity contribution in [2.24, 2.45) is 11.8 Å². The maximum atomic E-state index is 15.2. The summed E-state index contributed by atoms with van der Waals surface area (Å²) in [4.78, 5) is 75.1. The number of β-amino-alcohol motifs (C(OH)–C–C–N with tert-alkyl or cyclic N) is 1. The Hall–Kier alpha value is -5.08. The number of ether oxygens (including phenoxy) is 1. The minimum atomic E-state index is -2.01. The highest BCUT2D eigenvalue weighted by atomic mass is 35.5. The fraction of sp³-hybridized carbons (Fsp3) is 0.540. The van der Waals surface area contributed by atoms with Crippen LogP contribution in [0.4, 0.5) is 21.8 Å². The number of likely N-dealkylation sites (tertiary alicyclic amines) is 1. The molecule has 5 atom stereocenters. The molecule has 376 valence electrons. The van der Waals surface area contributed by atoms with Crippen LogP contribution in [-0.4, -0.2) is 146 Å². The summed E-state index contributed by atoms with van der Waals surface area (Å²) in [5.74, 6) is 1.09. The molecule has 4 fully saturated rings. The van der Waals surface area contributed by atoms with E-state index in [1.54, 1.807) is 55.5 Å². The molecule has 2 saturated heterocycles. The van der Waals surface area contributed by atoms with Crippen molar-refractivity contribution in [3.63, 3.8) is 0 Å². The van der Waals surface area contributed by atoms with E-state index < -0.39 is 46.3 Å². The van der Waals surface area contributed by atoms with Crippen molar-refractivity contribution in [2.45, 2.75) is 101 Å². The molecular weight excluding hydrogens is 955 g/mol. The van der Waals surface area contributed by atoms with E-state index in [9.17, 15) is 24.3 Å². The van der Waals surface area contributed by atoms with Gasteiger partial charge in [-0.2, -0.15) is 16.7 Å². The third-order valence-electron chi connectivity index (χ3n) is 14.0. The predicted molar refractivity (Wildman–Crippen MR) is 272 cm³/mol. The molecule has 0 unspecified atom stereocenters. The van der Waals surface area contributed by atoms with Gasteiger partial charge in [0.15, 0.2) is 5.67 Å². The number of carbonyl (C=O) groups is 4. The number of hydrogen-bond acceptors (Lipinski definition) is 14. The van der Waals surface area contributed by atoms with E-state index in [1.165, 1.54) is 11.1 Å². The summed E-state index contributed by atoms with van der Waals surface area (Å²) in [5.41, 5.74) is 3.81. The van der Waals surface area contributed by atoms with E-state index in [-0.39, 0.29) is 38.3 Å². The minimum absolute atomic E-state index is 0.0551. The molecule has 20 heteroatoms. The van der Waals surface area contributed by atoms with E-state index in [1.807, 2.05) is 55.4 Å². The maximum absolute atomic E-state index is 15.2. The van der Waals surface area contributed by atoms with Crippen molar-refractivity contribution >= 4 is 75.8 Å². The zero-order chi connectivity index (χ0) is 49.7. The number of methoxy groups -OCH3 is 1. The number of aromatic nitrogens is 3. The van der Waals surface area contributed by atoms with Crippen molar-refractivity contribution in [3.8, 4) is 16.2 Å². The number of benzene rings is 2. The number of hydrogen-bond donors (Lipinski definition) is 5. The number of piperazine rings is 1. The molecule has 2 aromatic carbocycles. The zero-order valence-corrected chi connectivity index (χ0v) is 42.8. The van der Waals surface area contributed by atoms with Gasteiger partial charge in [0.2, 0.25) is 17.8 Å². The number of thioether (sulfide) groups is 1. The second-order valence-electron chi connectivity index (χ2n) is 19.5. The first-order valence-electron chi connectivity index (χ1n) is 24.1. The number of aryl methyl sites for hydroxylation is 1. The van der Waals surface area contributed by atoms with Gasteiger partial charge in [-0.3, -0.25) is 24.1 Å². The van der Waals surface area contributed by atoms with E-state index in [0.717, 1.165) is 72.8 Å². The predicted octanol–water partition coefficient (Wildman–Crippen LogP) is 6.70. The Kier molecular flexibility index (Phi) is 16.2. The Balaban J connectivity index is 0.837. The summed E-state index contributed by atoms with van der Waals surface area (Å²) in [5, 5.41) is 23.0. The second kappa shape index (κ2) is 22.1. The van der Waals surface area contributed by atoms with E-state index >= 15 is 4.39 Å². The smallest absolute Gasteiger partial charge is 0.258 e. The molecular formula is C50H64ClFN10O6S2. The lowest BCUT2D eigenvalue weighted by atomic mass is 9.82. The van der Waals surface area contributed by atoms with Gasteiger partial charge in [-0.15, -0.1) is 11.3 Å². The highest BCUT2D eigenvalue weighted by Gasteiger charge is 2.54. The molecule has 4 aromatic rings. The Labute approximate surface area is 422 Å². The number of aliphatic hydroxyl groups is 1. The fourth-order valence-corrected chi connectivity index (χ4v) is 12.0. The zero-order valence-electron chi connectivity index (χ0n) is 40.4. The topological polar surface area (TPSA) is 194 Å². The standard InChI is InChI=1S/C50H64ClFN10O6S2/c1-30-41(69-29-56-30)34-11-9-31(10-12-34)24-54-44(64)39-23-36(63)27-62(39)46(66)42(58-47(67)50(52)15-16-50)49(2,3)70-28-33-8-6-7-32(21-33)26-60-17-19-61(20-18-60)45(65)35-13-14-38(40(22-35)68-5)57-48-55-25-37(51)43(53-4)59-48/h9-14,22,25,29,32-33,36,39,42,63H,6-8,15-21,23-24,26-28H2,1-5H3,(H,54,64)(H,58,67)(H2,53,55,57,59)/t32-,33+,36-,39+,42-/m1/s1. The van der Waals surface area contributed by atoms with Crippen LogP contribution in [0.1, 0.15) is 80.4 Å². The van der Waals surface area contributed by atoms with Gasteiger partial charge in [0, 0.05) is 69.6 Å². The molecule has 2 aliphatic heterocycles. The highest BCUT2D eigenvalue weighted by Crippen LogP contribution is 2.42. The first kappa shape index (κ1) is 51.3. The van der Waals surface area contributed by atoms with Crippen LogP contribution in [0.5, 0.6) is 5.75 Å². The molecule has 4 aliphatic rings. The monoisotopic (exact) mass is 1020 g/mol. The van der Waals surface area contributed by atoms with Crippen molar-refractivity contribution in [2.75, 3.05) is 69.8 Å². The van der Waals surface area contributed by atoms with Gasteiger partial charge in [0.25, 0.3) is 11.8 Å². The summed E-state index contributed by atoms with van der Waals surface area (Å²) in [7, 11) is 3.27. The van der Waals surface area contributed by atoms with Crippen molar-refractivity contribution in [3.05, 3.63) is 76.0 Å². The number of aliphatic hydroxyl groups excluding tert-OH is 1. The van der Waals surface area contributed by atoms with Crippen LogP contribution in [0.15, 0.2) is 54.2 Å².